The van der Waals surface area contributed by atoms with Gasteiger partial charge in [0, 0.05) is 17.6 Å². The van der Waals surface area contributed by atoms with Gasteiger partial charge in [0.15, 0.2) is 0 Å². The first-order valence-electron chi connectivity index (χ1n) is 9.10. The molecular weight excluding hydrogens is 384 g/mol. The molecule has 152 valence electrons. The molecule has 0 spiro atoms. The zero-order chi connectivity index (χ0) is 21.0. The van der Waals surface area contributed by atoms with Gasteiger partial charge in [-0.3, -0.25) is 0 Å². The summed E-state index contributed by atoms with van der Waals surface area (Å²) in [5, 5.41) is 5.43. The first-order valence-corrected chi connectivity index (χ1v) is 9.10. The molecular formula is C21H20F4N4. The second kappa shape index (κ2) is 8.46. The topological polar surface area (TPSA) is 49.8 Å². The number of alkyl halides is 3. The summed E-state index contributed by atoms with van der Waals surface area (Å²) in [6, 6.07) is 12.7. The van der Waals surface area contributed by atoms with E-state index in [9.17, 15) is 17.6 Å². The number of hydrogen-bond acceptors (Lipinski definition) is 4. The summed E-state index contributed by atoms with van der Waals surface area (Å²) in [7, 11) is 0. The van der Waals surface area contributed by atoms with Crippen molar-refractivity contribution in [3.05, 3.63) is 71.7 Å². The molecule has 0 fully saturated rings. The van der Waals surface area contributed by atoms with Crippen LogP contribution in [0.1, 0.15) is 37.3 Å². The molecule has 1 unspecified atom stereocenters. The maximum absolute atomic E-state index is 13.4. The second-order valence-corrected chi connectivity index (χ2v) is 6.65. The van der Waals surface area contributed by atoms with Crippen LogP contribution in [-0.2, 0) is 6.18 Å². The lowest BCUT2D eigenvalue weighted by Gasteiger charge is -2.15. The van der Waals surface area contributed by atoms with Crippen LogP contribution in [0.2, 0.25) is 0 Å². The van der Waals surface area contributed by atoms with Crippen molar-refractivity contribution in [2.75, 3.05) is 10.6 Å². The highest BCUT2D eigenvalue weighted by molar-refractivity contribution is 5.63. The van der Waals surface area contributed by atoms with Gasteiger partial charge in [0.25, 0.3) is 0 Å². The van der Waals surface area contributed by atoms with E-state index >= 15 is 0 Å². The minimum atomic E-state index is -4.66. The molecule has 4 nitrogen and oxygen atoms in total. The van der Waals surface area contributed by atoms with E-state index in [1.54, 1.807) is 0 Å². The van der Waals surface area contributed by atoms with E-state index in [0.29, 0.717) is 17.8 Å². The van der Waals surface area contributed by atoms with Crippen LogP contribution >= 0.6 is 0 Å². The van der Waals surface area contributed by atoms with Crippen LogP contribution in [-0.4, -0.2) is 9.97 Å². The van der Waals surface area contributed by atoms with Crippen molar-refractivity contribution in [3.8, 4) is 0 Å². The first kappa shape index (κ1) is 20.6. The monoisotopic (exact) mass is 404 g/mol. The first-order chi connectivity index (χ1) is 13.8. The summed E-state index contributed by atoms with van der Waals surface area (Å²) in [5.74, 6) is -0.629. The summed E-state index contributed by atoms with van der Waals surface area (Å²) in [6.07, 6.45) is -2.96. The zero-order valence-corrected chi connectivity index (χ0v) is 15.9. The SMILES string of the molecule is CCC(C)c1ccc(Nc2ncc(C(F)(F)F)c(Nc3cccc(F)c3)n2)cc1. The second-order valence-electron chi connectivity index (χ2n) is 6.65. The van der Waals surface area contributed by atoms with Crippen LogP contribution in [0.5, 0.6) is 0 Å². The molecule has 29 heavy (non-hydrogen) atoms. The van der Waals surface area contributed by atoms with Crippen molar-refractivity contribution < 1.29 is 17.6 Å². The van der Waals surface area contributed by atoms with Gasteiger partial charge in [0.1, 0.15) is 17.2 Å². The summed E-state index contributed by atoms with van der Waals surface area (Å²) in [5.41, 5.74) is 0.922. The molecule has 0 aliphatic heterocycles. The van der Waals surface area contributed by atoms with Gasteiger partial charge in [0.2, 0.25) is 5.95 Å². The fraction of sp³-hybridized carbons (Fsp3) is 0.238. The van der Waals surface area contributed by atoms with Gasteiger partial charge in [-0.05, 0) is 48.2 Å². The highest BCUT2D eigenvalue weighted by atomic mass is 19.4. The van der Waals surface area contributed by atoms with Gasteiger partial charge in [-0.1, -0.05) is 32.0 Å². The van der Waals surface area contributed by atoms with Crippen LogP contribution in [0.3, 0.4) is 0 Å². The molecule has 8 heteroatoms. The Labute approximate surface area is 166 Å². The van der Waals surface area contributed by atoms with Gasteiger partial charge in [-0.25, -0.2) is 9.37 Å². The van der Waals surface area contributed by atoms with Crippen molar-refractivity contribution in [3.63, 3.8) is 0 Å². The van der Waals surface area contributed by atoms with Gasteiger partial charge in [-0.15, -0.1) is 0 Å². The maximum Gasteiger partial charge on any atom is 0.421 e. The lowest BCUT2D eigenvalue weighted by Crippen LogP contribution is -2.12. The van der Waals surface area contributed by atoms with Crippen molar-refractivity contribution in [1.29, 1.82) is 0 Å². The van der Waals surface area contributed by atoms with E-state index in [0.717, 1.165) is 12.5 Å². The molecule has 3 rings (SSSR count). The van der Waals surface area contributed by atoms with Crippen molar-refractivity contribution in [2.45, 2.75) is 32.4 Å². The van der Waals surface area contributed by atoms with Gasteiger partial charge in [0.05, 0.1) is 0 Å². The predicted molar refractivity (Wildman–Crippen MR) is 105 cm³/mol. The Kier molecular flexibility index (Phi) is 6.00. The number of halogens is 4. The molecule has 0 radical (unpaired) electrons. The minimum Gasteiger partial charge on any atom is -0.339 e. The number of anilines is 4. The van der Waals surface area contributed by atoms with E-state index in [-0.39, 0.29) is 11.6 Å². The summed E-state index contributed by atoms with van der Waals surface area (Å²) >= 11 is 0. The van der Waals surface area contributed by atoms with Crippen LogP contribution in [0, 0.1) is 5.82 Å². The molecule has 0 aliphatic rings. The number of nitrogens with one attached hydrogen (secondary N) is 2. The van der Waals surface area contributed by atoms with Crippen LogP contribution in [0.25, 0.3) is 0 Å². The molecule has 0 aliphatic carbocycles. The molecule has 1 heterocycles. The summed E-state index contributed by atoms with van der Waals surface area (Å²) in [6.45, 7) is 4.21. The summed E-state index contributed by atoms with van der Waals surface area (Å²) < 4.78 is 53.4. The number of aromatic nitrogens is 2. The Bertz CT molecular complexity index is 971. The molecule has 1 atom stereocenters. The normalized spacial score (nSPS) is 12.5. The lowest BCUT2D eigenvalue weighted by molar-refractivity contribution is -0.137. The highest BCUT2D eigenvalue weighted by Crippen LogP contribution is 2.35. The van der Waals surface area contributed by atoms with E-state index in [1.807, 2.05) is 24.3 Å². The molecule has 0 saturated heterocycles. The summed E-state index contributed by atoms with van der Waals surface area (Å²) in [4.78, 5) is 7.74. The van der Waals surface area contributed by atoms with Gasteiger partial charge >= 0.3 is 6.18 Å². The zero-order valence-electron chi connectivity index (χ0n) is 15.9. The minimum absolute atomic E-state index is 0.00630. The molecule has 0 amide bonds. The van der Waals surface area contributed by atoms with Crippen LogP contribution < -0.4 is 10.6 Å². The van der Waals surface area contributed by atoms with Crippen LogP contribution in [0.15, 0.2) is 54.7 Å². The standard InChI is InChI=1S/C21H20F4N4/c1-3-13(2)14-7-9-16(10-8-14)28-20-26-12-18(21(23,24)25)19(29-20)27-17-6-4-5-15(22)11-17/h4-13H,3H2,1-2H3,(H2,26,27,28,29). The molecule has 0 saturated carbocycles. The predicted octanol–water partition coefficient (Wildman–Crippen LogP) is 6.64. The molecule has 1 aromatic heterocycles. The van der Waals surface area contributed by atoms with E-state index in [1.165, 1.54) is 23.8 Å². The van der Waals surface area contributed by atoms with Crippen LogP contribution in [0.4, 0.5) is 40.7 Å². The fourth-order valence-electron chi connectivity index (χ4n) is 2.71. The van der Waals surface area contributed by atoms with Crippen molar-refractivity contribution in [2.24, 2.45) is 0 Å². The number of nitrogens with zero attached hydrogens (tertiary/aromatic N) is 2. The van der Waals surface area contributed by atoms with E-state index < -0.39 is 23.4 Å². The third-order valence-electron chi connectivity index (χ3n) is 4.53. The fourth-order valence-corrected chi connectivity index (χ4v) is 2.71. The average Bonchev–Trinajstić information content (AvgIpc) is 2.67. The number of rotatable bonds is 6. The molecule has 2 aromatic carbocycles. The van der Waals surface area contributed by atoms with Crippen molar-refractivity contribution >= 4 is 23.1 Å². The molecule has 0 bridgehead atoms. The number of benzene rings is 2. The van der Waals surface area contributed by atoms with E-state index in [4.69, 9.17) is 0 Å². The maximum atomic E-state index is 13.4. The van der Waals surface area contributed by atoms with Crippen molar-refractivity contribution in [1.82, 2.24) is 9.97 Å². The Balaban J connectivity index is 1.88. The largest absolute Gasteiger partial charge is 0.421 e. The molecule has 3 aromatic rings. The highest BCUT2D eigenvalue weighted by Gasteiger charge is 2.35. The Morgan fingerprint density at radius 1 is 1.00 bits per heavy atom. The molecule has 2 N–H and O–H groups in total. The number of hydrogen-bond donors (Lipinski definition) is 2. The Morgan fingerprint density at radius 3 is 2.34 bits per heavy atom. The van der Waals surface area contributed by atoms with Gasteiger partial charge < -0.3 is 10.6 Å². The Hall–Kier alpha value is -3.16. The van der Waals surface area contributed by atoms with Gasteiger partial charge in [-0.2, -0.15) is 18.2 Å². The Morgan fingerprint density at radius 2 is 1.72 bits per heavy atom. The third kappa shape index (κ3) is 5.22. The smallest absolute Gasteiger partial charge is 0.339 e. The third-order valence-corrected chi connectivity index (χ3v) is 4.53. The average molecular weight is 404 g/mol. The lowest BCUT2D eigenvalue weighted by atomic mass is 9.99. The van der Waals surface area contributed by atoms with E-state index in [2.05, 4.69) is 34.4 Å². The quantitative estimate of drug-likeness (QED) is 0.453.